The molecule has 1 aromatic carbocycles. The minimum atomic E-state index is 0.00676. The van der Waals surface area contributed by atoms with Crippen molar-refractivity contribution < 1.29 is 9.53 Å². The van der Waals surface area contributed by atoms with Crippen LogP contribution in [0.2, 0.25) is 0 Å². The van der Waals surface area contributed by atoms with E-state index in [0.29, 0.717) is 30.9 Å². The maximum atomic E-state index is 12.1. The Labute approximate surface area is 167 Å². The summed E-state index contributed by atoms with van der Waals surface area (Å²) in [5, 5.41) is 12.1. The van der Waals surface area contributed by atoms with Gasteiger partial charge in [0.2, 0.25) is 5.91 Å². The fraction of sp³-hybridized carbons (Fsp3) is 0.316. The van der Waals surface area contributed by atoms with E-state index in [1.165, 1.54) is 4.88 Å². The predicted octanol–water partition coefficient (Wildman–Crippen LogP) is 3.82. The number of nitrogens with one attached hydrogen (secondary N) is 2. The number of ether oxygens (including phenoxy) is 1. The SMILES string of the molecule is CCOc1ccc(-c2n[nH]c(=S)n2CCC(=O)NCCc2cccs2)cc1. The van der Waals surface area contributed by atoms with E-state index in [2.05, 4.69) is 21.6 Å². The fourth-order valence-electron chi connectivity index (χ4n) is 2.69. The van der Waals surface area contributed by atoms with Crippen LogP contribution in [0.5, 0.6) is 5.75 Å². The van der Waals surface area contributed by atoms with E-state index >= 15 is 0 Å². The van der Waals surface area contributed by atoms with Crippen molar-refractivity contribution in [1.82, 2.24) is 20.1 Å². The topological polar surface area (TPSA) is 71.9 Å². The molecule has 142 valence electrons. The molecule has 0 aliphatic rings. The number of aromatic amines is 1. The molecule has 27 heavy (non-hydrogen) atoms. The van der Waals surface area contributed by atoms with Crippen molar-refractivity contribution in [3.8, 4) is 17.1 Å². The minimum absolute atomic E-state index is 0.00676. The molecule has 2 aromatic heterocycles. The fourth-order valence-corrected chi connectivity index (χ4v) is 3.63. The third-order valence-corrected chi connectivity index (χ3v) is 5.27. The molecular weight excluding hydrogens is 380 g/mol. The van der Waals surface area contributed by atoms with Gasteiger partial charge in [-0.3, -0.25) is 14.5 Å². The average molecular weight is 403 g/mol. The molecule has 3 rings (SSSR count). The van der Waals surface area contributed by atoms with E-state index in [9.17, 15) is 4.79 Å². The second-order valence-electron chi connectivity index (χ2n) is 5.89. The first-order chi connectivity index (χ1) is 13.2. The molecule has 0 saturated carbocycles. The summed E-state index contributed by atoms with van der Waals surface area (Å²) in [5.41, 5.74) is 0.920. The molecule has 2 N–H and O–H groups in total. The molecule has 0 atom stereocenters. The van der Waals surface area contributed by atoms with Crippen LogP contribution in [0.1, 0.15) is 18.2 Å². The van der Waals surface area contributed by atoms with E-state index in [1.54, 1.807) is 11.3 Å². The number of rotatable bonds is 9. The maximum Gasteiger partial charge on any atom is 0.221 e. The van der Waals surface area contributed by atoms with E-state index in [0.717, 1.165) is 23.6 Å². The van der Waals surface area contributed by atoms with E-state index in [1.807, 2.05) is 47.2 Å². The van der Waals surface area contributed by atoms with Crippen LogP contribution >= 0.6 is 23.6 Å². The van der Waals surface area contributed by atoms with Crippen LogP contribution in [0.3, 0.4) is 0 Å². The lowest BCUT2D eigenvalue weighted by atomic mass is 10.2. The summed E-state index contributed by atoms with van der Waals surface area (Å²) >= 11 is 7.02. The third-order valence-electron chi connectivity index (χ3n) is 4.02. The molecule has 0 aliphatic carbocycles. The number of carbonyl (C=O) groups is 1. The molecule has 8 heteroatoms. The molecule has 2 heterocycles. The summed E-state index contributed by atoms with van der Waals surface area (Å²) in [5.74, 6) is 1.54. The molecule has 0 radical (unpaired) electrons. The minimum Gasteiger partial charge on any atom is -0.494 e. The molecule has 3 aromatic rings. The van der Waals surface area contributed by atoms with Crippen LogP contribution in [-0.2, 0) is 17.8 Å². The highest BCUT2D eigenvalue weighted by molar-refractivity contribution is 7.71. The number of carbonyl (C=O) groups excluding carboxylic acids is 1. The highest BCUT2D eigenvalue weighted by Gasteiger charge is 2.11. The van der Waals surface area contributed by atoms with Crippen LogP contribution in [0.15, 0.2) is 41.8 Å². The molecule has 0 unspecified atom stereocenters. The summed E-state index contributed by atoms with van der Waals surface area (Å²) in [4.78, 5) is 13.4. The molecule has 1 amide bonds. The number of hydrogen-bond acceptors (Lipinski definition) is 5. The van der Waals surface area contributed by atoms with Gasteiger partial charge in [0, 0.05) is 30.0 Å². The van der Waals surface area contributed by atoms with Crippen LogP contribution < -0.4 is 10.1 Å². The number of H-pyrrole nitrogens is 1. The summed E-state index contributed by atoms with van der Waals surface area (Å²) < 4.78 is 7.82. The Hall–Kier alpha value is -2.45. The number of amides is 1. The number of aromatic nitrogens is 3. The summed E-state index contributed by atoms with van der Waals surface area (Å²) in [6.45, 7) is 3.69. The Morgan fingerprint density at radius 2 is 2.15 bits per heavy atom. The normalized spacial score (nSPS) is 10.7. The quantitative estimate of drug-likeness (QED) is 0.534. The smallest absolute Gasteiger partial charge is 0.221 e. The molecule has 0 aliphatic heterocycles. The van der Waals surface area contributed by atoms with Crippen molar-refractivity contribution in [2.45, 2.75) is 26.3 Å². The van der Waals surface area contributed by atoms with Gasteiger partial charge in [-0.2, -0.15) is 5.10 Å². The third kappa shape index (κ3) is 5.27. The van der Waals surface area contributed by atoms with Gasteiger partial charge in [0.25, 0.3) is 0 Å². The van der Waals surface area contributed by atoms with Gasteiger partial charge in [0.1, 0.15) is 5.75 Å². The molecule has 6 nitrogen and oxygen atoms in total. The van der Waals surface area contributed by atoms with Gasteiger partial charge >= 0.3 is 0 Å². The second kappa shape index (κ2) is 9.48. The molecule has 0 fully saturated rings. The Morgan fingerprint density at radius 1 is 1.33 bits per heavy atom. The Morgan fingerprint density at radius 3 is 2.85 bits per heavy atom. The van der Waals surface area contributed by atoms with Crippen molar-refractivity contribution >= 4 is 29.5 Å². The van der Waals surface area contributed by atoms with Gasteiger partial charge in [-0.1, -0.05) is 6.07 Å². The van der Waals surface area contributed by atoms with Crippen LogP contribution in [0.25, 0.3) is 11.4 Å². The van der Waals surface area contributed by atoms with Gasteiger partial charge in [-0.15, -0.1) is 11.3 Å². The monoisotopic (exact) mass is 402 g/mol. The highest BCUT2D eigenvalue weighted by Crippen LogP contribution is 2.21. The average Bonchev–Trinajstić information content (AvgIpc) is 3.31. The zero-order valence-electron chi connectivity index (χ0n) is 15.1. The first-order valence-corrected chi connectivity index (χ1v) is 10.1. The van der Waals surface area contributed by atoms with Gasteiger partial charge in [-0.25, -0.2) is 0 Å². The van der Waals surface area contributed by atoms with Gasteiger partial charge < -0.3 is 10.1 Å². The lowest BCUT2D eigenvalue weighted by molar-refractivity contribution is -0.121. The van der Waals surface area contributed by atoms with Crippen molar-refractivity contribution in [2.24, 2.45) is 0 Å². The number of hydrogen-bond donors (Lipinski definition) is 2. The second-order valence-corrected chi connectivity index (χ2v) is 7.31. The van der Waals surface area contributed by atoms with Crippen molar-refractivity contribution in [1.29, 1.82) is 0 Å². The Balaban J connectivity index is 1.57. The lowest BCUT2D eigenvalue weighted by Crippen LogP contribution is -2.26. The van der Waals surface area contributed by atoms with Crippen molar-refractivity contribution in [3.05, 3.63) is 51.4 Å². The summed E-state index contributed by atoms with van der Waals surface area (Å²) in [6.07, 6.45) is 1.20. The van der Waals surface area contributed by atoms with Gasteiger partial charge in [0.05, 0.1) is 6.61 Å². The van der Waals surface area contributed by atoms with Crippen LogP contribution in [0, 0.1) is 4.77 Å². The summed E-state index contributed by atoms with van der Waals surface area (Å²) in [7, 11) is 0. The number of benzene rings is 1. The lowest BCUT2D eigenvalue weighted by Gasteiger charge is -2.09. The maximum absolute atomic E-state index is 12.1. The van der Waals surface area contributed by atoms with Crippen molar-refractivity contribution in [2.75, 3.05) is 13.2 Å². The van der Waals surface area contributed by atoms with Crippen molar-refractivity contribution in [3.63, 3.8) is 0 Å². The number of nitrogens with zero attached hydrogens (tertiary/aromatic N) is 2. The predicted molar refractivity (Wildman–Crippen MR) is 110 cm³/mol. The van der Waals surface area contributed by atoms with E-state index in [-0.39, 0.29) is 5.91 Å². The summed E-state index contributed by atoms with van der Waals surface area (Å²) in [6, 6.07) is 11.8. The molecule has 0 bridgehead atoms. The molecular formula is C19H22N4O2S2. The zero-order valence-corrected chi connectivity index (χ0v) is 16.7. The van der Waals surface area contributed by atoms with Gasteiger partial charge in [0.15, 0.2) is 10.6 Å². The zero-order chi connectivity index (χ0) is 19.1. The highest BCUT2D eigenvalue weighted by atomic mass is 32.1. The standard InChI is InChI=1S/C19H22N4O2S2/c1-2-25-15-7-5-14(6-8-15)18-21-22-19(26)23(18)12-10-17(24)20-11-9-16-4-3-13-27-16/h3-8,13H,2,9-12H2,1H3,(H,20,24)(H,22,26). The van der Waals surface area contributed by atoms with Crippen LogP contribution in [0.4, 0.5) is 0 Å². The largest absolute Gasteiger partial charge is 0.494 e. The Kier molecular flexibility index (Phi) is 6.78. The molecule has 0 spiro atoms. The number of thiophene rings is 1. The van der Waals surface area contributed by atoms with Gasteiger partial charge in [-0.05, 0) is 61.3 Å². The first-order valence-electron chi connectivity index (χ1n) is 8.85. The van der Waals surface area contributed by atoms with Crippen LogP contribution in [-0.4, -0.2) is 33.8 Å². The van der Waals surface area contributed by atoms with E-state index < -0.39 is 0 Å². The van der Waals surface area contributed by atoms with E-state index in [4.69, 9.17) is 17.0 Å². The molecule has 0 saturated heterocycles. The Bertz CT molecular complexity index is 914. The first kappa shape index (κ1) is 19.3.